The van der Waals surface area contributed by atoms with Crippen molar-refractivity contribution in [1.29, 1.82) is 0 Å². The van der Waals surface area contributed by atoms with Crippen LogP contribution in [0.3, 0.4) is 0 Å². The summed E-state index contributed by atoms with van der Waals surface area (Å²) in [6.07, 6.45) is 0. The summed E-state index contributed by atoms with van der Waals surface area (Å²) < 4.78 is 14.7. The molecule has 0 aliphatic rings. The Morgan fingerprint density at radius 2 is 2.27 bits per heavy atom. The van der Waals surface area contributed by atoms with E-state index in [1.165, 1.54) is 7.11 Å². The third-order valence-corrected chi connectivity index (χ3v) is 2.67. The second-order valence-electron chi connectivity index (χ2n) is 2.80. The molecule has 0 N–H and O–H groups in total. The van der Waals surface area contributed by atoms with Crippen molar-refractivity contribution >= 4 is 17.7 Å². The lowest BCUT2D eigenvalue weighted by molar-refractivity contribution is 0.0563. The van der Waals surface area contributed by atoms with Crippen molar-refractivity contribution in [2.75, 3.05) is 26.6 Å². The molecule has 0 atom stereocenters. The molecule has 5 heteroatoms. The lowest BCUT2D eigenvalue weighted by atomic mass is 10.4. The summed E-state index contributed by atoms with van der Waals surface area (Å²) in [5.41, 5.74) is 0. The first-order valence-electron chi connectivity index (χ1n) is 4.51. The fraction of sp³-hybridized carbons (Fsp3) is 0.500. The first-order chi connectivity index (χ1) is 7.27. The van der Waals surface area contributed by atoms with Gasteiger partial charge in [-0.3, -0.25) is 0 Å². The molecule has 0 saturated heterocycles. The number of esters is 1. The number of carbonyl (C=O) groups is 1. The monoisotopic (exact) mass is 230 g/mol. The standard InChI is InChI=1S/C10H14O4S/c1-12-5-6-15-7-8-3-4-9(14-8)10(11)13-2/h3-4H,5-7H2,1-2H3. The van der Waals surface area contributed by atoms with Crippen LogP contribution in [0.4, 0.5) is 0 Å². The number of rotatable bonds is 6. The third-order valence-electron chi connectivity index (χ3n) is 1.72. The highest BCUT2D eigenvalue weighted by atomic mass is 32.2. The Hall–Kier alpha value is -0.940. The van der Waals surface area contributed by atoms with Crippen LogP contribution < -0.4 is 0 Å². The van der Waals surface area contributed by atoms with Crippen molar-refractivity contribution in [3.8, 4) is 0 Å². The summed E-state index contributed by atoms with van der Waals surface area (Å²) in [6, 6.07) is 3.41. The molecule has 15 heavy (non-hydrogen) atoms. The van der Waals surface area contributed by atoms with Crippen LogP contribution >= 0.6 is 11.8 Å². The van der Waals surface area contributed by atoms with E-state index in [0.717, 1.165) is 23.9 Å². The summed E-state index contributed by atoms with van der Waals surface area (Å²) in [7, 11) is 3.00. The maximum Gasteiger partial charge on any atom is 0.373 e. The predicted molar refractivity (Wildman–Crippen MR) is 58.1 cm³/mol. The molecule has 1 rings (SSSR count). The van der Waals surface area contributed by atoms with Crippen LogP contribution in [0.15, 0.2) is 16.5 Å². The zero-order valence-electron chi connectivity index (χ0n) is 8.82. The highest BCUT2D eigenvalue weighted by Gasteiger charge is 2.10. The van der Waals surface area contributed by atoms with Gasteiger partial charge >= 0.3 is 5.97 Å². The lowest BCUT2D eigenvalue weighted by Crippen LogP contribution is -1.98. The summed E-state index contributed by atoms with van der Waals surface area (Å²) in [6.45, 7) is 0.717. The smallest absolute Gasteiger partial charge is 0.373 e. The van der Waals surface area contributed by atoms with Gasteiger partial charge in [-0.1, -0.05) is 0 Å². The summed E-state index contributed by atoms with van der Waals surface area (Å²) in [5, 5.41) is 0. The molecule has 0 unspecified atom stereocenters. The van der Waals surface area contributed by atoms with E-state index in [2.05, 4.69) is 4.74 Å². The van der Waals surface area contributed by atoms with E-state index in [-0.39, 0.29) is 5.76 Å². The van der Waals surface area contributed by atoms with Crippen molar-refractivity contribution in [2.45, 2.75) is 5.75 Å². The predicted octanol–water partition coefficient (Wildman–Crippen LogP) is 1.95. The van der Waals surface area contributed by atoms with Crippen LogP contribution in [0.25, 0.3) is 0 Å². The van der Waals surface area contributed by atoms with Gasteiger partial charge in [0.05, 0.1) is 19.5 Å². The third kappa shape index (κ3) is 3.97. The molecular weight excluding hydrogens is 216 g/mol. The van der Waals surface area contributed by atoms with Gasteiger partial charge in [-0.25, -0.2) is 4.79 Å². The molecule has 0 aliphatic carbocycles. The van der Waals surface area contributed by atoms with Gasteiger partial charge in [0.15, 0.2) is 0 Å². The van der Waals surface area contributed by atoms with Gasteiger partial charge in [0, 0.05) is 12.9 Å². The normalized spacial score (nSPS) is 10.3. The van der Waals surface area contributed by atoms with Gasteiger partial charge in [-0.15, -0.1) is 0 Å². The minimum Gasteiger partial charge on any atom is -0.463 e. The zero-order chi connectivity index (χ0) is 11.1. The van der Waals surface area contributed by atoms with Gasteiger partial charge in [0.2, 0.25) is 5.76 Å². The molecule has 1 aromatic rings. The lowest BCUT2D eigenvalue weighted by Gasteiger charge is -1.97. The van der Waals surface area contributed by atoms with Crippen molar-refractivity contribution in [3.63, 3.8) is 0 Å². The minimum absolute atomic E-state index is 0.250. The molecular formula is C10H14O4S. The van der Waals surface area contributed by atoms with Gasteiger partial charge < -0.3 is 13.9 Å². The second-order valence-corrected chi connectivity index (χ2v) is 3.91. The zero-order valence-corrected chi connectivity index (χ0v) is 9.63. The number of thioether (sulfide) groups is 1. The Morgan fingerprint density at radius 1 is 1.47 bits per heavy atom. The van der Waals surface area contributed by atoms with Gasteiger partial charge in [-0.2, -0.15) is 11.8 Å². The SMILES string of the molecule is COCCSCc1ccc(C(=O)OC)o1. The van der Waals surface area contributed by atoms with E-state index in [0.29, 0.717) is 0 Å². The molecule has 4 nitrogen and oxygen atoms in total. The first kappa shape index (κ1) is 12.1. The Morgan fingerprint density at radius 3 is 2.93 bits per heavy atom. The van der Waals surface area contributed by atoms with Crippen LogP contribution in [0.5, 0.6) is 0 Å². The fourth-order valence-corrected chi connectivity index (χ4v) is 1.77. The quantitative estimate of drug-likeness (QED) is 0.552. The summed E-state index contributed by atoms with van der Waals surface area (Å²) in [4.78, 5) is 11.1. The molecule has 1 heterocycles. The largest absolute Gasteiger partial charge is 0.463 e. The van der Waals surface area contributed by atoms with Crippen LogP contribution in [0, 0.1) is 0 Å². The first-order valence-corrected chi connectivity index (χ1v) is 5.67. The topological polar surface area (TPSA) is 48.7 Å². The number of carbonyl (C=O) groups excluding carboxylic acids is 1. The second kappa shape index (κ2) is 6.53. The van der Waals surface area contributed by atoms with Gasteiger partial charge in [-0.05, 0) is 12.1 Å². The molecule has 1 aromatic heterocycles. The van der Waals surface area contributed by atoms with Crippen LogP contribution in [0.1, 0.15) is 16.3 Å². The van der Waals surface area contributed by atoms with E-state index in [1.54, 1.807) is 31.0 Å². The average Bonchev–Trinajstić information content (AvgIpc) is 2.72. The fourth-order valence-electron chi connectivity index (χ4n) is 0.981. The Balaban J connectivity index is 2.36. The number of methoxy groups -OCH3 is 2. The van der Waals surface area contributed by atoms with Crippen LogP contribution in [0.2, 0.25) is 0 Å². The Kier molecular flexibility index (Phi) is 5.28. The summed E-state index contributed by atoms with van der Waals surface area (Å²) >= 11 is 1.69. The Bertz CT molecular complexity index is 308. The molecule has 84 valence electrons. The van der Waals surface area contributed by atoms with Gasteiger partial charge in [0.25, 0.3) is 0 Å². The van der Waals surface area contributed by atoms with Crippen LogP contribution in [-0.2, 0) is 15.2 Å². The van der Waals surface area contributed by atoms with Crippen molar-refractivity contribution in [3.05, 3.63) is 23.7 Å². The Labute approximate surface area is 92.9 Å². The van der Waals surface area contributed by atoms with Crippen molar-refractivity contribution in [1.82, 2.24) is 0 Å². The highest BCUT2D eigenvalue weighted by molar-refractivity contribution is 7.98. The molecule has 0 radical (unpaired) electrons. The number of hydrogen-bond acceptors (Lipinski definition) is 5. The van der Waals surface area contributed by atoms with Gasteiger partial charge in [0.1, 0.15) is 5.76 Å². The number of hydrogen-bond donors (Lipinski definition) is 0. The van der Waals surface area contributed by atoms with E-state index >= 15 is 0 Å². The van der Waals surface area contributed by atoms with E-state index < -0.39 is 5.97 Å². The maximum absolute atomic E-state index is 11.1. The van der Waals surface area contributed by atoms with E-state index in [9.17, 15) is 4.79 Å². The summed E-state index contributed by atoms with van der Waals surface area (Å²) in [5.74, 6) is 2.23. The van der Waals surface area contributed by atoms with E-state index in [1.807, 2.05) is 0 Å². The molecule has 0 spiro atoms. The molecule has 0 aromatic carbocycles. The van der Waals surface area contributed by atoms with Crippen LogP contribution in [-0.4, -0.2) is 32.5 Å². The van der Waals surface area contributed by atoms with E-state index in [4.69, 9.17) is 9.15 Å². The average molecular weight is 230 g/mol. The number of furan rings is 1. The molecule has 0 bridgehead atoms. The maximum atomic E-state index is 11.1. The van der Waals surface area contributed by atoms with Crippen molar-refractivity contribution in [2.24, 2.45) is 0 Å². The minimum atomic E-state index is -0.442. The molecule has 0 aliphatic heterocycles. The molecule has 0 fully saturated rings. The molecule has 0 saturated carbocycles. The highest BCUT2D eigenvalue weighted by Crippen LogP contribution is 2.15. The molecule has 0 amide bonds. The number of ether oxygens (including phenoxy) is 2. The van der Waals surface area contributed by atoms with Crippen molar-refractivity contribution < 1.29 is 18.7 Å².